The summed E-state index contributed by atoms with van der Waals surface area (Å²) in [6, 6.07) is 0.244. The summed E-state index contributed by atoms with van der Waals surface area (Å²) < 4.78 is 5.43. The van der Waals surface area contributed by atoms with E-state index in [1.54, 1.807) is 4.90 Å². The Hall–Kier alpha value is -1.14. The standard InChI is InChI=1S/C14H24N2O4/c1-11-8-15(6-7-20-11)13(17)9-16(10-14(18)19)12-4-2-3-5-12/h11-12H,2-10H2,1H3,(H,18,19). The quantitative estimate of drug-likeness (QED) is 0.799. The summed E-state index contributed by atoms with van der Waals surface area (Å²) in [5.74, 6) is -0.839. The summed E-state index contributed by atoms with van der Waals surface area (Å²) in [6.07, 6.45) is 4.32. The number of ether oxygens (including phenoxy) is 1. The minimum absolute atomic E-state index is 0.0216. The van der Waals surface area contributed by atoms with E-state index in [2.05, 4.69) is 0 Å². The molecule has 1 N–H and O–H groups in total. The first-order valence-electron chi connectivity index (χ1n) is 7.41. The van der Waals surface area contributed by atoms with Gasteiger partial charge in [0.25, 0.3) is 0 Å². The van der Waals surface area contributed by atoms with Gasteiger partial charge in [-0.1, -0.05) is 12.8 Å². The van der Waals surface area contributed by atoms with Crippen LogP contribution in [0.15, 0.2) is 0 Å². The number of carbonyl (C=O) groups is 2. The molecule has 1 unspecified atom stereocenters. The van der Waals surface area contributed by atoms with E-state index in [-0.39, 0.29) is 31.1 Å². The molecule has 2 fully saturated rings. The van der Waals surface area contributed by atoms with Crippen LogP contribution in [0.3, 0.4) is 0 Å². The fourth-order valence-electron chi connectivity index (χ4n) is 3.08. The van der Waals surface area contributed by atoms with E-state index in [0.717, 1.165) is 25.7 Å². The van der Waals surface area contributed by atoms with E-state index in [9.17, 15) is 9.59 Å². The van der Waals surface area contributed by atoms with Gasteiger partial charge in [0.15, 0.2) is 0 Å². The molecule has 1 atom stereocenters. The number of carboxylic acids is 1. The number of nitrogens with zero attached hydrogens (tertiary/aromatic N) is 2. The molecule has 2 aliphatic rings. The zero-order valence-electron chi connectivity index (χ0n) is 12.1. The lowest BCUT2D eigenvalue weighted by Gasteiger charge is -2.34. The SMILES string of the molecule is CC1CN(C(=O)CN(CC(=O)O)C2CCCC2)CCO1. The molecule has 1 heterocycles. The van der Waals surface area contributed by atoms with E-state index in [4.69, 9.17) is 9.84 Å². The van der Waals surface area contributed by atoms with Gasteiger partial charge >= 0.3 is 5.97 Å². The van der Waals surface area contributed by atoms with Crippen LogP contribution >= 0.6 is 0 Å². The summed E-state index contributed by atoms with van der Waals surface area (Å²) in [4.78, 5) is 26.9. The molecule has 2 rings (SSSR count). The molecule has 1 aliphatic heterocycles. The highest BCUT2D eigenvalue weighted by molar-refractivity contribution is 5.79. The third kappa shape index (κ3) is 4.18. The van der Waals surface area contributed by atoms with Gasteiger partial charge in [-0.15, -0.1) is 0 Å². The first kappa shape index (κ1) is 15.3. The van der Waals surface area contributed by atoms with Crippen molar-refractivity contribution in [2.75, 3.05) is 32.8 Å². The molecule has 1 amide bonds. The van der Waals surface area contributed by atoms with Crippen LogP contribution in [0.1, 0.15) is 32.6 Å². The maximum atomic E-state index is 12.3. The van der Waals surface area contributed by atoms with E-state index in [1.807, 2.05) is 11.8 Å². The Morgan fingerprint density at radius 2 is 2.00 bits per heavy atom. The molecule has 0 aromatic carbocycles. The van der Waals surface area contributed by atoms with Gasteiger partial charge in [-0.05, 0) is 19.8 Å². The van der Waals surface area contributed by atoms with Crippen molar-refractivity contribution in [1.82, 2.24) is 9.80 Å². The van der Waals surface area contributed by atoms with Gasteiger partial charge in [-0.3, -0.25) is 14.5 Å². The number of hydrogen-bond donors (Lipinski definition) is 1. The molecule has 0 aromatic rings. The van der Waals surface area contributed by atoms with Gasteiger partial charge in [0.05, 0.1) is 25.8 Å². The number of amides is 1. The maximum Gasteiger partial charge on any atom is 0.317 e. The second-order valence-corrected chi connectivity index (χ2v) is 5.76. The van der Waals surface area contributed by atoms with Gasteiger partial charge in [-0.25, -0.2) is 0 Å². The predicted octanol–water partition coefficient (Wildman–Crippen LogP) is 0.563. The molecular weight excluding hydrogens is 260 g/mol. The van der Waals surface area contributed by atoms with Crippen LogP contribution in [0.2, 0.25) is 0 Å². The molecule has 0 aromatic heterocycles. The van der Waals surface area contributed by atoms with Crippen molar-refractivity contribution in [3.05, 3.63) is 0 Å². The average Bonchev–Trinajstić information content (AvgIpc) is 2.91. The van der Waals surface area contributed by atoms with Crippen molar-refractivity contribution >= 4 is 11.9 Å². The number of carboxylic acid groups (broad SMARTS) is 1. The second-order valence-electron chi connectivity index (χ2n) is 5.76. The van der Waals surface area contributed by atoms with E-state index in [0.29, 0.717) is 19.7 Å². The normalized spacial score (nSPS) is 24.3. The van der Waals surface area contributed by atoms with E-state index < -0.39 is 5.97 Å². The lowest BCUT2D eigenvalue weighted by atomic mass is 10.2. The Kier molecular flexibility index (Phi) is 5.37. The largest absolute Gasteiger partial charge is 0.480 e. The lowest BCUT2D eigenvalue weighted by molar-refractivity contribution is -0.143. The topological polar surface area (TPSA) is 70.1 Å². The van der Waals surface area contributed by atoms with Crippen LogP contribution in [0, 0.1) is 0 Å². The first-order valence-corrected chi connectivity index (χ1v) is 7.41. The molecular formula is C14H24N2O4. The number of aliphatic carboxylic acids is 1. The highest BCUT2D eigenvalue weighted by Crippen LogP contribution is 2.23. The molecule has 114 valence electrons. The van der Waals surface area contributed by atoms with Gasteiger partial charge in [-0.2, -0.15) is 0 Å². The molecule has 0 radical (unpaired) electrons. The Morgan fingerprint density at radius 3 is 2.60 bits per heavy atom. The zero-order chi connectivity index (χ0) is 14.5. The summed E-state index contributed by atoms with van der Waals surface area (Å²) in [5.41, 5.74) is 0. The second kappa shape index (κ2) is 7.04. The zero-order valence-corrected chi connectivity index (χ0v) is 12.1. The molecule has 6 nitrogen and oxygen atoms in total. The van der Waals surface area contributed by atoms with Gasteiger partial charge in [0.1, 0.15) is 0 Å². The summed E-state index contributed by atoms with van der Waals surface area (Å²) >= 11 is 0. The Labute approximate surface area is 119 Å². The monoisotopic (exact) mass is 284 g/mol. The highest BCUT2D eigenvalue weighted by Gasteiger charge is 2.29. The summed E-state index contributed by atoms with van der Waals surface area (Å²) in [6.45, 7) is 3.89. The summed E-state index contributed by atoms with van der Waals surface area (Å²) in [5, 5.41) is 9.02. The molecule has 20 heavy (non-hydrogen) atoms. The molecule has 1 saturated carbocycles. The smallest absolute Gasteiger partial charge is 0.317 e. The molecule has 1 aliphatic carbocycles. The predicted molar refractivity (Wildman–Crippen MR) is 73.5 cm³/mol. The van der Waals surface area contributed by atoms with Crippen molar-refractivity contribution in [3.63, 3.8) is 0 Å². The molecule has 6 heteroatoms. The Morgan fingerprint density at radius 1 is 1.30 bits per heavy atom. The van der Waals surface area contributed by atoms with E-state index >= 15 is 0 Å². The Bertz CT molecular complexity index is 355. The van der Waals surface area contributed by atoms with Crippen LogP contribution < -0.4 is 0 Å². The highest BCUT2D eigenvalue weighted by atomic mass is 16.5. The van der Waals surface area contributed by atoms with Crippen molar-refractivity contribution in [2.45, 2.75) is 44.8 Å². The third-order valence-corrected chi connectivity index (χ3v) is 4.11. The van der Waals surface area contributed by atoms with Crippen LogP contribution in [0.25, 0.3) is 0 Å². The lowest BCUT2D eigenvalue weighted by Crippen LogP contribution is -2.50. The Balaban J connectivity index is 1.91. The first-order chi connectivity index (χ1) is 9.56. The van der Waals surface area contributed by atoms with Crippen molar-refractivity contribution < 1.29 is 19.4 Å². The molecule has 0 bridgehead atoms. The van der Waals surface area contributed by atoms with Gasteiger partial charge < -0.3 is 14.7 Å². The van der Waals surface area contributed by atoms with Crippen molar-refractivity contribution in [3.8, 4) is 0 Å². The van der Waals surface area contributed by atoms with Gasteiger partial charge in [0.2, 0.25) is 5.91 Å². The van der Waals surface area contributed by atoms with Gasteiger partial charge in [0, 0.05) is 19.1 Å². The van der Waals surface area contributed by atoms with Crippen LogP contribution in [0.4, 0.5) is 0 Å². The van der Waals surface area contributed by atoms with Crippen LogP contribution in [0.5, 0.6) is 0 Å². The number of rotatable bonds is 5. The van der Waals surface area contributed by atoms with E-state index in [1.165, 1.54) is 0 Å². The average molecular weight is 284 g/mol. The minimum Gasteiger partial charge on any atom is -0.480 e. The molecule has 0 spiro atoms. The maximum absolute atomic E-state index is 12.3. The minimum atomic E-state index is -0.861. The fourth-order valence-corrected chi connectivity index (χ4v) is 3.08. The number of morpholine rings is 1. The van der Waals surface area contributed by atoms with Crippen LogP contribution in [-0.2, 0) is 14.3 Å². The number of hydrogen-bond acceptors (Lipinski definition) is 4. The number of carbonyl (C=O) groups excluding carboxylic acids is 1. The van der Waals surface area contributed by atoms with Crippen molar-refractivity contribution in [2.24, 2.45) is 0 Å². The fraction of sp³-hybridized carbons (Fsp3) is 0.857. The molecule has 1 saturated heterocycles. The van der Waals surface area contributed by atoms with Crippen molar-refractivity contribution in [1.29, 1.82) is 0 Å². The summed E-state index contributed by atoms with van der Waals surface area (Å²) in [7, 11) is 0. The van der Waals surface area contributed by atoms with Crippen LogP contribution in [-0.4, -0.2) is 71.7 Å². The third-order valence-electron chi connectivity index (χ3n) is 4.11.